The van der Waals surface area contributed by atoms with Gasteiger partial charge in [0.15, 0.2) is 5.78 Å². The van der Waals surface area contributed by atoms with Crippen LogP contribution >= 0.6 is 0 Å². The van der Waals surface area contributed by atoms with Gasteiger partial charge in [0.25, 0.3) is 5.91 Å². The van der Waals surface area contributed by atoms with Gasteiger partial charge in [-0.15, -0.1) is 0 Å². The third-order valence-corrected chi connectivity index (χ3v) is 4.05. The van der Waals surface area contributed by atoms with Gasteiger partial charge in [0.1, 0.15) is 0 Å². The van der Waals surface area contributed by atoms with Gasteiger partial charge in [0, 0.05) is 18.8 Å². The lowest BCUT2D eigenvalue weighted by molar-refractivity contribution is 0.101. The van der Waals surface area contributed by atoms with Crippen LogP contribution in [0.5, 0.6) is 0 Å². The molecule has 4 heteroatoms. The second-order valence-corrected chi connectivity index (χ2v) is 5.71. The maximum atomic E-state index is 12.6. The number of aromatic nitrogens is 1. The molecule has 1 N–H and O–H groups in total. The Hall–Kier alpha value is -2.88. The van der Waals surface area contributed by atoms with Gasteiger partial charge in [0.2, 0.25) is 0 Å². The first-order valence-corrected chi connectivity index (χ1v) is 7.47. The summed E-state index contributed by atoms with van der Waals surface area (Å²) in [5, 5.41) is 2.91. The predicted molar refractivity (Wildman–Crippen MR) is 91.3 cm³/mol. The Kier molecular flexibility index (Phi) is 3.74. The lowest BCUT2D eigenvalue weighted by Crippen LogP contribution is -2.11. The van der Waals surface area contributed by atoms with Crippen molar-refractivity contribution in [2.45, 2.75) is 20.8 Å². The van der Waals surface area contributed by atoms with Crippen LogP contribution in [0.2, 0.25) is 0 Å². The summed E-state index contributed by atoms with van der Waals surface area (Å²) in [6.07, 6.45) is 1.79. The number of pyridine rings is 1. The second-order valence-electron chi connectivity index (χ2n) is 5.71. The molecule has 0 spiro atoms. The fourth-order valence-corrected chi connectivity index (χ4v) is 2.62. The highest BCUT2D eigenvalue weighted by Gasteiger charge is 2.17. The summed E-state index contributed by atoms with van der Waals surface area (Å²) in [5.41, 5.74) is 4.77. The van der Waals surface area contributed by atoms with Crippen LogP contribution in [-0.4, -0.2) is 16.1 Å². The Morgan fingerprint density at radius 2 is 1.78 bits per heavy atom. The van der Waals surface area contributed by atoms with Crippen LogP contribution < -0.4 is 5.32 Å². The summed E-state index contributed by atoms with van der Waals surface area (Å²) < 4.78 is 1.75. The Morgan fingerprint density at radius 1 is 1.00 bits per heavy atom. The number of aryl methyl sites for hydroxylation is 2. The quantitative estimate of drug-likeness (QED) is 0.743. The highest BCUT2D eigenvalue weighted by Crippen LogP contribution is 2.20. The minimum absolute atomic E-state index is 0.0727. The molecule has 0 bridgehead atoms. The molecular weight excluding hydrogens is 288 g/mol. The lowest BCUT2D eigenvalue weighted by atomic mass is 10.1. The van der Waals surface area contributed by atoms with Crippen molar-refractivity contribution in [2.24, 2.45) is 0 Å². The molecule has 0 atom stereocenters. The van der Waals surface area contributed by atoms with E-state index in [2.05, 4.69) is 5.32 Å². The van der Waals surface area contributed by atoms with Crippen LogP contribution in [0.25, 0.3) is 5.52 Å². The summed E-state index contributed by atoms with van der Waals surface area (Å²) in [4.78, 5) is 24.4. The zero-order valence-electron chi connectivity index (χ0n) is 13.4. The summed E-state index contributed by atoms with van der Waals surface area (Å²) in [7, 11) is 0. The molecule has 0 unspecified atom stereocenters. The van der Waals surface area contributed by atoms with E-state index in [-0.39, 0.29) is 11.7 Å². The molecule has 0 aliphatic heterocycles. The highest BCUT2D eigenvalue weighted by atomic mass is 16.1. The predicted octanol–water partition coefficient (Wildman–Crippen LogP) is 4.01. The van der Waals surface area contributed by atoms with E-state index in [1.54, 1.807) is 16.7 Å². The first kappa shape index (κ1) is 15.0. The van der Waals surface area contributed by atoms with Gasteiger partial charge in [-0.1, -0.05) is 12.1 Å². The third-order valence-electron chi connectivity index (χ3n) is 4.05. The van der Waals surface area contributed by atoms with E-state index >= 15 is 0 Å². The standard InChI is InChI=1S/C19H18N2O2/c1-12-7-8-15(10-13(12)2)20-19(23)16-11-18(14(3)22)21-9-5-4-6-17(16)21/h4-11H,1-3H3,(H,20,23). The van der Waals surface area contributed by atoms with E-state index in [0.717, 1.165) is 16.8 Å². The maximum Gasteiger partial charge on any atom is 0.257 e. The zero-order chi connectivity index (χ0) is 16.6. The molecule has 2 heterocycles. The van der Waals surface area contributed by atoms with E-state index in [1.807, 2.05) is 50.2 Å². The average Bonchev–Trinajstić information content (AvgIpc) is 2.91. The summed E-state index contributed by atoms with van der Waals surface area (Å²) >= 11 is 0. The van der Waals surface area contributed by atoms with Gasteiger partial charge in [0.05, 0.1) is 16.8 Å². The highest BCUT2D eigenvalue weighted by molar-refractivity contribution is 6.11. The molecule has 0 saturated heterocycles. The third kappa shape index (κ3) is 2.75. The average molecular weight is 306 g/mol. The van der Waals surface area contributed by atoms with Crippen molar-refractivity contribution in [1.82, 2.24) is 4.40 Å². The lowest BCUT2D eigenvalue weighted by Gasteiger charge is -2.07. The smallest absolute Gasteiger partial charge is 0.257 e. The molecule has 0 aliphatic carbocycles. The number of nitrogens with one attached hydrogen (secondary N) is 1. The molecule has 0 fully saturated rings. The van der Waals surface area contributed by atoms with Crippen molar-refractivity contribution in [3.63, 3.8) is 0 Å². The number of anilines is 1. The molecule has 23 heavy (non-hydrogen) atoms. The number of amides is 1. The van der Waals surface area contributed by atoms with E-state index in [4.69, 9.17) is 0 Å². The van der Waals surface area contributed by atoms with Crippen molar-refractivity contribution in [1.29, 1.82) is 0 Å². The maximum absolute atomic E-state index is 12.6. The number of rotatable bonds is 3. The zero-order valence-corrected chi connectivity index (χ0v) is 13.4. The first-order chi connectivity index (χ1) is 11.0. The Morgan fingerprint density at radius 3 is 2.48 bits per heavy atom. The van der Waals surface area contributed by atoms with E-state index < -0.39 is 0 Å². The van der Waals surface area contributed by atoms with Crippen LogP contribution in [0.4, 0.5) is 5.69 Å². The molecule has 116 valence electrons. The number of fused-ring (bicyclic) bond motifs is 1. The number of benzene rings is 1. The molecule has 3 rings (SSSR count). The van der Waals surface area contributed by atoms with E-state index in [1.165, 1.54) is 12.5 Å². The Bertz CT molecular complexity index is 922. The van der Waals surface area contributed by atoms with Gasteiger partial charge >= 0.3 is 0 Å². The van der Waals surface area contributed by atoms with Crippen molar-refractivity contribution >= 4 is 22.9 Å². The van der Waals surface area contributed by atoms with E-state index in [0.29, 0.717) is 11.3 Å². The van der Waals surface area contributed by atoms with Crippen LogP contribution in [0, 0.1) is 13.8 Å². The molecule has 4 nitrogen and oxygen atoms in total. The van der Waals surface area contributed by atoms with Gasteiger partial charge in [-0.05, 0) is 55.3 Å². The number of Topliss-reactive ketones (excluding diaryl/α,β-unsaturated/α-hetero) is 1. The molecule has 3 aromatic rings. The van der Waals surface area contributed by atoms with Gasteiger partial charge < -0.3 is 9.72 Å². The summed E-state index contributed by atoms with van der Waals surface area (Å²) in [5.74, 6) is -0.291. The van der Waals surface area contributed by atoms with Crippen LogP contribution in [-0.2, 0) is 0 Å². The number of carbonyl (C=O) groups excluding carboxylic acids is 2. The molecule has 1 amide bonds. The molecule has 0 radical (unpaired) electrons. The molecule has 2 aromatic heterocycles. The molecule has 0 aliphatic rings. The monoisotopic (exact) mass is 306 g/mol. The fraction of sp³-hybridized carbons (Fsp3) is 0.158. The Labute approximate surface area is 134 Å². The number of hydrogen-bond acceptors (Lipinski definition) is 2. The normalized spacial score (nSPS) is 10.7. The molecule has 0 saturated carbocycles. The largest absolute Gasteiger partial charge is 0.322 e. The topological polar surface area (TPSA) is 50.6 Å². The van der Waals surface area contributed by atoms with Crippen molar-refractivity contribution in [3.8, 4) is 0 Å². The minimum atomic E-state index is -0.218. The number of ketones is 1. The van der Waals surface area contributed by atoms with Crippen LogP contribution in [0.3, 0.4) is 0 Å². The molecule has 1 aromatic carbocycles. The van der Waals surface area contributed by atoms with E-state index in [9.17, 15) is 9.59 Å². The number of hydrogen-bond donors (Lipinski definition) is 1. The minimum Gasteiger partial charge on any atom is -0.322 e. The SMILES string of the molecule is CC(=O)c1cc(C(=O)Nc2ccc(C)c(C)c2)c2ccccn12. The Balaban J connectivity index is 2.01. The van der Waals surface area contributed by atoms with Crippen LogP contribution in [0.15, 0.2) is 48.7 Å². The van der Waals surface area contributed by atoms with Crippen LogP contribution in [0.1, 0.15) is 38.9 Å². The summed E-state index contributed by atoms with van der Waals surface area (Å²) in [6, 6.07) is 13.0. The molecular formula is C19H18N2O2. The number of nitrogens with zero attached hydrogens (tertiary/aromatic N) is 1. The van der Waals surface area contributed by atoms with Crippen molar-refractivity contribution in [2.75, 3.05) is 5.32 Å². The first-order valence-electron chi connectivity index (χ1n) is 7.47. The van der Waals surface area contributed by atoms with Gasteiger partial charge in [-0.2, -0.15) is 0 Å². The van der Waals surface area contributed by atoms with Gasteiger partial charge in [-0.25, -0.2) is 0 Å². The second kappa shape index (κ2) is 5.72. The fourth-order valence-electron chi connectivity index (χ4n) is 2.62. The van der Waals surface area contributed by atoms with Crippen molar-refractivity contribution in [3.05, 3.63) is 71.0 Å². The summed E-state index contributed by atoms with van der Waals surface area (Å²) in [6.45, 7) is 5.54. The number of carbonyl (C=O) groups is 2. The van der Waals surface area contributed by atoms with Gasteiger partial charge in [-0.3, -0.25) is 9.59 Å². The van der Waals surface area contributed by atoms with Crippen molar-refractivity contribution < 1.29 is 9.59 Å².